The van der Waals surface area contributed by atoms with Gasteiger partial charge in [-0.05, 0) is 66.9 Å². The summed E-state index contributed by atoms with van der Waals surface area (Å²) in [6.07, 6.45) is 7.61. The molecule has 2 heterocycles. The Morgan fingerprint density at radius 1 is 1.00 bits per heavy atom. The van der Waals surface area contributed by atoms with E-state index < -0.39 is 10.0 Å². The Morgan fingerprint density at radius 2 is 1.70 bits per heavy atom. The van der Waals surface area contributed by atoms with Crippen molar-refractivity contribution in [2.75, 3.05) is 19.6 Å². The quantitative estimate of drug-likeness (QED) is 0.743. The van der Waals surface area contributed by atoms with E-state index in [1.54, 1.807) is 47.5 Å². The third-order valence-corrected chi connectivity index (χ3v) is 7.19. The molecule has 0 atom stereocenters. The van der Waals surface area contributed by atoms with E-state index in [4.69, 9.17) is 11.6 Å². The van der Waals surface area contributed by atoms with Crippen LogP contribution in [0.3, 0.4) is 0 Å². The Hall–Kier alpha value is -2.06. The fourth-order valence-electron chi connectivity index (χ4n) is 3.63. The second-order valence-electron chi connectivity index (χ2n) is 7.29. The van der Waals surface area contributed by atoms with Gasteiger partial charge in [-0.3, -0.25) is 4.79 Å². The molecule has 2 aliphatic heterocycles. The van der Waals surface area contributed by atoms with Crippen LogP contribution in [0.25, 0.3) is 10.8 Å². The summed E-state index contributed by atoms with van der Waals surface area (Å²) in [5.74, 6) is 0.194. The van der Waals surface area contributed by atoms with E-state index in [9.17, 15) is 13.2 Å². The Bertz CT molecular complexity index is 1100. The summed E-state index contributed by atoms with van der Waals surface area (Å²) in [6, 6.07) is 10.2. The number of piperidine rings is 1. The predicted octanol–water partition coefficient (Wildman–Crippen LogP) is 3.73. The minimum absolute atomic E-state index is 0. The summed E-state index contributed by atoms with van der Waals surface area (Å²) < 4.78 is 27.3. The first-order chi connectivity index (χ1) is 13.9. The van der Waals surface area contributed by atoms with E-state index in [2.05, 4.69) is 5.32 Å². The second kappa shape index (κ2) is 9.39. The molecule has 0 aliphatic carbocycles. The first-order valence-corrected chi connectivity index (χ1v) is 11.4. The number of rotatable bonds is 4. The van der Waals surface area contributed by atoms with E-state index in [-0.39, 0.29) is 23.2 Å². The number of benzene rings is 2. The highest BCUT2D eigenvalue weighted by atomic mass is 35.5. The number of halogens is 2. The van der Waals surface area contributed by atoms with Gasteiger partial charge in [-0.15, -0.1) is 12.4 Å². The lowest BCUT2D eigenvalue weighted by Crippen LogP contribution is -2.36. The van der Waals surface area contributed by atoms with Crippen LogP contribution in [0, 0.1) is 5.92 Å². The molecule has 0 radical (unpaired) electrons. The second-order valence-corrected chi connectivity index (χ2v) is 9.57. The molecule has 6 nitrogen and oxygen atoms in total. The standard InChI is InChI=1S/C21H22ClN3O3S.ClH/c22-19-3-1-18-14-20(4-2-17(18)13-19)29(27,28)25-10-7-21(26)24(11-12-25)15-16-5-8-23-9-6-16;/h1-4,7,10-14,16,23H,5-6,8-9,15H2;1H. The van der Waals surface area contributed by atoms with Crippen LogP contribution in [0.4, 0.5) is 0 Å². The third-order valence-electron chi connectivity index (χ3n) is 5.30. The van der Waals surface area contributed by atoms with Crippen molar-refractivity contribution in [3.8, 4) is 0 Å². The minimum atomic E-state index is -3.83. The van der Waals surface area contributed by atoms with Crippen molar-refractivity contribution < 1.29 is 13.2 Å². The van der Waals surface area contributed by atoms with Crippen molar-refractivity contribution in [1.29, 1.82) is 0 Å². The first kappa shape index (κ1) is 22.6. The van der Waals surface area contributed by atoms with Gasteiger partial charge in [0.2, 0.25) is 0 Å². The van der Waals surface area contributed by atoms with Crippen molar-refractivity contribution >= 4 is 50.7 Å². The summed E-state index contributed by atoms with van der Waals surface area (Å²) in [6.45, 7) is 2.48. The van der Waals surface area contributed by atoms with Gasteiger partial charge in [0.15, 0.2) is 0 Å². The smallest absolute Gasteiger partial charge is 0.267 e. The summed E-state index contributed by atoms with van der Waals surface area (Å²) in [5, 5.41) is 5.54. The van der Waals surface area contributed by atoms with Crippen LogP contribution in [-0.4, -0.2) is 43.2 Å². The Kier molecular flexibility index (Phi) is 7.08. The molecular formula is C21H23Cl2N3O3S. The van der Waals surface area contributed by atoms with Gasteiger partial charge in [-0.2, -0.15) is 0 Å². The van der Waals surface area contributed by atoms with Gasteiger partial charge < -0.3 is 10.2 Å². The van der Waals surface area contributed by atoms with Gasteiger partial charge in [-0.1, -0.05) is 23.7 Å². The van der Waals surface area contributed by atoms with Gasteiger partial charge in [0, 0.05) is 36.2 Å². The van der Waals surface area contributed by atoms with E-state index >= 15 is 0 Å². The van der Waals surface area contributed by atoms with Gasteiger partial charge in [-0.25, -0.2) is 12.7 Å². The number of carbonyl (C=O) groups is 1. The number of sulfonamides is 1. The molecule has 0 aromatic heterocycles. The largest absolute Gasteiger partial charge is 0.317 e. The highest BCUT2D eigenvalue weighted by molar-refractivity contribution is 7.89. The maximum atomic E-state index is 13.1. The van der Waals surface area contributed by atoms with E-state index in [1.165, 1.54) is 18.5 Å². The summed E-state index contributed by atoms with van der Waals surface area (Å²) >= 11 is 6.00. The Labute approximate surface area is 187 Å². The van der Waals surface area contributed by atoms with Gasteiger partial charge in [0.05, 0.1) is 4.90 Å². The lowest BCUT2D eigenvalue weighted by molar-refractivity contribution is -0.124. The van der Waals surface area contributed by atoms with Crippen molar-refractivity contribution in [3.05, 3.63) is 66.1 Å². The lowest BCUT2D eigenvalue weighted by atomic mass is 9.97. The number of fused-ring (bicyclic) bond motifs is 1. The predicted molar refractivity (Wildman–Crippen MR) is 121 cm³/mol. The molecule has 1 saturated heterocycles. The number of nitrogens with one attached hydrogen (secondary N) is 1. The Balaban J connectivity index is 0.00000256. The van der Waals surface area contributed by atoms with Gasteiger partial charge >= 0.3 is 0 Å². The highest BCUT2D eigenvalue weighted by Gasteiger charge is 2.24. The van der Waals surface area contributed by atoms with Crippen molar-refractivity contribution in [2.45, 2.75) is 17.7 Å². The molecule has 30 heavy (non-hydrogen) atoms. The number of nitrogens with zero attached hydrogens (tertiary/aromatic N) is 2. The molecule has 0 unspecified atom stereocenters. The first-order valence-electron chi connectivity index (χ1n) is 9.54. The molecule has 2 aliphatic rings. The fourth-order valence-corrected chi connectivity index (χ4v) is 5.01. The minimum Gasteiger partial charge on any atom is -0.317 e. The topological polar surface area (TPSA) is 69.7 Å². The molecule has 2 aromatic rings. The van der Waals surface area contributed by atoms with Crippen LogP contribution in [0.1, 0.15) is 12.8 Å². The Morgan fingerprint density at radius 3 is 2.47 bits per heavy atom. The van der Waals surface area contributed by atoms with Crippen molar-refractivity contribution in [2.24, 2.45) is 5.92 Å². The molecule has 1 N–H and O–H groups in total. The van der Waals surface area contributed by atoms with E-state index in [0.717, 1.165) is 41.0 Å². The zero-order valence-electron chi connectivity index (χ0n) is 16.2. The summed E-state index contributed by atoms with van der Waals surface area (Å²) in [4.78, 5) is 14.2. The zero-order chi connectivity index (χ0) is 20.4. The van der Waals surface area contributed by atoms with Crippen LogP contribution in [0.5, 0.6) is 0 Å². The van der Waals surface area contributed by atoms with Crippen LogP contribution in [-0.2, 0) is 14.8 Å². The molecule has 1 fully saturated rings. The molecule has 0 saturated carbocycles. The number of hydrogen-bond donors (Lipinski definition) is 1. The number of amides is 1. The molecule has 4 rings (SSSR count). The van der Waals surface area contributed by atoms with Gasteiger partial charge in [0.25, 0.3) is 15.9 Å². The average molecular weight is 468 g/mol. The fraction of sp³-hybridized carbons (Fsp3) is 0.286. The van der Waals surface area contributed by atoms with Crippen LogP contribution >= 0.6 is 24.0 Å². The highest BCUT2D eigenvalue weighted by Crippen LogP contribution is 2.25. The SMILES string of the molecule is Cl.O=C1C=CN(S(=O)(=O)c2ccc3cc(Cl)ccc3c2)C=CN1CC1CCNCC1. The molecule has 0 bridgehead atoms. The lowest BCUT2D eigenvalue weighted by Gasteiger charge is -2.27. The molecule has 160 valence electrons. The van der Waals surface area contributed by atoms with Crippen molar-refractivity contribution in [3.63, 3.8) is 0 Å². The number of hydrogen-bond acceptors (Lipinski definition) is 4. The van der Waals surface area contributed by atoms with Crippen LogP contribution in [0.2, 0.25) is 5.02 Å². The summed E-state index contributed by atoms with van der Waals surface area (Å²) in [7, 11) is -3.83. The average Bonchev–Trinajstić information content (AvgIpc) is 2.90. The molecule has 1 amide bonds. The molecule has 0 spiro atoms. The normalized spacial score (nSPS) is 17.8. The zero-order valence-corrected chi connectivity index (χ0v) is 18.6. The molecule has 9 heteroatoms. The molecule has 2 aromatic carbocycles. The maximum Gasteiger partial charge on any atom is 0.267 e. The number of carbonyl (C=O) groups excluding carboxylic acids is 1. The maximum absolute atomic E-state index is 13.1. The van der Waals surface area contributed by atoms with Gasteiger partial charge in [0.1, 0.15) is 0 Å². The third kappa shape index (κ3) is 4.81. The van der Waals surface area contributed by atoms with E-state index in [1.807, 2.05) is 0 Å². The van der Waals surface area contributed by atoms with Crippen LogP contribution in [0.15, 0.2) is 66.0 Å². The monoisotopic (exact) mass is 467 g/mol. The van der Waals surface area contributed by atoms with Crippen LogP contribution < -0.4 is 5.32 Å². The molecular weight excluding hydrogens is 445 g/mol. The van der Waals surface area contributed by atoms with E-state index in [0.29, 0.717) is 17.5 Å². The summed E-state index contributed by atoms with van der Waals surface area (Å²) in [5.41, 5.74) is 0. The van der Waals surface area contributed by atoms with Crippen molar-refractivity contribution in [1.82, 2.24) is 14.5 Å².